The van der Waals surface area contributed by atoms with Crippen LogP contribution in [0.2, 0.25) is 0 Å². The highest BCUT2D eigenvalue weighted by Gasteiger charge is 2.05. The minimum atomic E-state index is 0.459. The van der Waals surface area contributed by atoms with Crippen LogP contribution in [0.4, 0.5) is 0 Å². The predicted octanol–water partition coefficient (Wildman–Crippen LogP) is 2.18. The number of hydrogen-bond acceptors (Lipinski definition) is 5. The second-order valence-corrected chi connectivity index (χ2v) is 5.27. The Morgan fingerprint density at radius 2 is 2.08 bits per heavy atom. The Balaban J connectivity index is 1.72. The van der Waals surface area contributed by atoms with Crippen LogP contribution in [-0.4, -0.2) is 27.6 Å². The molecule has 7 heteroatoms. The summed E-state index contributed by atoms with van der Waals surface area (Å²) in [5.41, 5.74) is 2.11. The molecule has 1 aromatic carbocycles. The Morgan fingerprint density at radius 1 is 1.21 bits per heavy atom. The van der Waals surface area contributed by atoms with Crippen LogP contribution in [0, 0.1) is 6.92 Å². The number of nitrogens with zero attached hydrogens (tertiary/aromatic N) is 4. The standard InChI is InChI=1S/C17H20N6O/c1-3-18-17(21-11-16-22-12(2)24-23-16)20-10-13-8-9-19-15-7-5-4-6-14(13)15/h4-9H,3,10-11H2,1-2H3,(H2,18,20,21). The van der Waals surface area contributed by atoms with Crippen molar-refractivity contribution in [2.24, 2.45) is 4.99 Å². The summed E-state index contributed by atoms with van der Waals surface area (Å²) in [5, 5.41) is 11.4. The van der Waals surface area contributed by atoms with Crippen LogP contribution in [-0.2, 0) is 13.1 Å². The van der Waals surface area contributed by atoms with Gasteiger partial charge in [-0.15, -0.1) is 0 Å². The summed E-state index contributed by atoms with van der Waals surface area (Å²) < 4.78 is 4.97. The van der Waals surface area contributed by atoms with E-state index in [1.165, 1.54) is 0 Å². The number of rotatable bonds is 5. The van der Waals surface area contributed by atoms with Crippen LogP contribution in [0.25, 0.3) is 10.9 Å². The fraction of sp³-hybridized carbons (Fsp3) is 0.294. The Labute approximate surface area is 140 Å². The maximum absolute atomic E-state index is 4.97. The van der Waals surface area contributed by atoms with E-state index in [4.69, 9.17) is 4.52 Å². The summed E-state index contributed by atoms with van der Waals surface area (Å²) in [6, 6.07) is 10.1. The summed E-state index contributed by atoms with van der Waals surface area (Å²) in [6.07, 6.45) is 1.82. The van der Waals surface area contributed by atoms with E-state index in [0.29, 0.717) is 30.8 Å². The number of nitrogens with one attached hydrogen (secondary N) is 2. The Hall–Kier alpha value is -2.96. The van der Waals surface area contributed by atoms with Crippen molar-refractivity contribution in [3.8, 4) is 0 Å². The third-order valence-electron chi connectivity index (χ3n) is 3.47. The molecular weight excluding hydrogens is 304 g/mol. The number of pyridine rings is 1. The smallest absolute Gasteiger partial charge is 0.223 e. The van der Waals surface area contributed by atoms with Crippen molar-refractivity contribution in [2.75, 3.05) is 6.54 Å². The van der Waals surface area contributed by atoms with Gasteiger partial charge in [-0.25, -0.2) is 4.99 Å². The lowest BCUT2D eigenvalue weighted by Crippen LogP contribution is -2.37. The van der Waals surface area contributed by atoms with Crippen molar-refractivity contribution in [3.63, 3.8) is 0 Å². The minimum Gasteiger partial charge on any atom is -0.357 e. The lowest BCUT2D eigenvalue weighted by Gasteiger charge is -2.10. The topological polar surface area (TPSA) is 88.2 Å². The van der Waals surface area contributed by atoms with Gasteiger partial charge in [0.2, 0.25) is 5.89 Å². The van der Waals surface area contributed by atoms with Crippen molar-refractivity contribution in [1.82, 2.24) is 25.8 Å². The van der Waals surface area contributed by atoms with Crippen molar-refractivity contribution in [3.05, 3.63) is 53.8 Å². The lowest BCUT2D eigenvalue weighted by atomic mass is 10.1. The molecule has 0 saturated carbocycles. The average Bonchev–Trinajstić information content (AvgIpc) is 3.03. The first-order valence-electron chi connectivity index (χ1n) is 7.90. The first-order valence-corrected chi connectivity index (χ1v) is 7.90. The molecule has 0 amide bonds. The molecule has 0 fully saturated rings. The molecule has 2 aromatic heterocycles. The van der Waals surface area contributed by atoms with Gasteiger partial charge in [0.15, 0.2) is 11.8 Å². The van der Waals surface area contributed by atoms with E-state index in [2.05, 4.69) is 36.8 Å². The summed E-state index contributed by atoms with van der Waals surface area (Å²) in [4.78, 5) is 13.2. The zero-order chi connectivity index (χ0) is 16.8. The highest BCUT2D eigenvalue weighted by Crippen LogP contribution is 2.16. The van der Waals surface area contributed by atoms with Gasteiger partial charge >= 0.3 is 0 Å². The quantitative estimate of drug-likeness (QED) is 0.552. The molecule has 0 aliphatic rings. The van der Waals surface area contributed by atoms with Gasteiger partial charge in [-0.2, -0.15) is 4.98 Å². The van der Waals surface area contributed by atoms with Gasteiger partial charge in [-0.3, -0.25) is 4.98 Å². The molecule has 24 heavy (non-hydrogen) atoms. The molecule has 7 nitrogen and oxygen atoms in total. The molecule has 0 aliphatic heterocycles. The number of aliphatic imine (C=N–C) groups is 1. The molecule has 3 rings (SSSR count). The highest BCUT2D eigenvalue weighted by molar-refractivity contribution is 5.83. The molecule has 0 bridgehead atoms. The van der Waals surface area contributed by atoms with Gasteiger partial charge in [-0.05, 0) is 24.6 Å². The van der Waals surface area contributed by atoms with Gasteiger partial charge in [0, 0.05) is 25.1 Å². The third-order valence-corrected chi connectivity index (χ3v) is 3.47. The normalized spacial score (nSPS) is 11.7. The van der Waals surface area contributed by atoms with E-state index >= 15 is 0 Å². The van der Waals surface area contributed by atoms with Crippen molar-refractivity contribution >= 4 is 16.9 Å². The second kappa shape index (κ2) is 7.54. The van der Waals surface area contributed by atoms with Crippen LogP contribution in [0.3, 0.4) is 0 Å². The number of guanidine groups is 1. The van der Waals surface area contributed by atoms with Crippen LogP contribution in [0.5, 0.6) is 0 Å². The van der Waals surface area contributed by atoms with Gasteiger partial charge in [0.25, 0.3) is 0 Å². The van der Waals surface area contributed by atoms with E-state index in [-0.39, 0.29) is 0 Å². The fourth-order valence-electron chi connectivity index (χ4n) is 2.37. The number of hydrogen-bond donors (Lipinski definition) is 2. The van der Waals surface area contributed by atoms with Crippen LogP contribution < -0.4 is 10.6 Å². The zero-order valence-electron chi connectivity index (χ0n) is 13.8. The molecule has 0 radical (unpaired) electrons. The monoisotopic (exact) mass is 324 g/mol. The molecular formula is C17H20N6O. The molecule has 2 heterocycles. The van der Waals surface area contributed by atoms with Gasteiger partial charge in [-0.1, -0.05) is 23.4 Å². The summed E-state index contributed by atoms with van der Waals surface area (Å²) >= 11 is 0. The first kappa shape index (κ1) is 15.9. The van der Waals surface area contributed by atoms with Crippen molar-refractivity contribution in [2.45, 2.75) is 26.9 Å². The average molecular weight is 324 g/mol. The first-order chi connectivity index (χ1) is 11.8. The maximum atomic E-state index is 4.97. The Bertz CT molecular complexity index is 836. The Morgan fingerprint density at radius 3 is 2.88 bits per heavy atom. The summed E-state index contributed by atoms with van der Waals surface area (Å²) in [7, 11) is 0. The maximum Gasteiger partial charge on any atom is 0.223 e. The van der Waals surface area contributed by atoms with E-state index in [9.17, 15) is 0 Å². The van der Waals surface area contributed by atoms with Gasteiger partial charge in [0.1, 0.15) is 0 Å². The van der Waals surface area contributed by atoms with Crippen LogP contribution in [0.1, 0.15) is 24.2 Å². The number of fused-ring (bicyclic) bond motifs is 1. The highest BCUT2D eigenvalue weighted by atomic mass is 16.5. The SMILES string of the molecule is CCNC(=NCc1ccnc2ccccc12)NCc1noc(C)n1. The lowest BCUT2D eigenvalue weighted by molar-refractivity contribution is 0.387. The predicted molar refractivity (Wildman–Crippen MR) is 92.4 cm³/mol. The zero-order valence-corrected chi connectivity index (χ0v) is 13.8. The summed E-state index contributed by atoms with van der Waals surface area (Å²) in [5.74, 6) is 1.87. The fourth-order valence-corrected chi connectivity index (χ4v) is 2.37. The second-order valence-electron chi connectivity index (χ2n) is 5.27. The van der Waals surface area contributed by atoms with E-state index in [0.717, 1.165) is 23.0 Å². The van der Waals surface area contributed by atoms with Crippen molar-refractivity contribution in [1.29, 1.82) is 0 Å². The van der Waals surface area contributed by atoms with E-state index < -0.39 is 0 Å². The van der Waals surface area contributed by atoms with Crippen LogP contribution >= 0.6 is 0 Å². The minimum absolute atomic E-state index is 0.459. The number of aryl methyl sites for hydroxylation is 1. The van der Waals surface area contributed by atoms with E-state index in [1.807, 2.05) is 37.4 Å². The molecule has 124 valence electrons. The van der Waals surface area contributed by atoms with Crippen LogP contribution in [0.15, 0.2) is 46.0 Å². The molecule has 3 aromatic rings. The van der Waals surface area contributed by atoms with E-state index in [1.54, 1.807) is 6.92 Å². The number of aromatic nitrogens is 3. The largest absolute Gasteiger partial charge is 0.357 e. The molecule has 0 saturated heterocycles. The molecule has 0 aliphatic carbocycles. The summed E-state index contributed by atoms with van der Waals surface area (Å²) in [6.45, 7) is 5.58. The molecule has 0 atom stereocenters. The number of para-hydroxylation sites is 1. The molecule has 0 unspecified atom stereocenters. The Kier molecular flexibility index (Phi) is 5.00. The number of benzene rings is 1. The molecule has 2 N–H and O–H groups in total. The van der Waals surface area contributed by atoms with Gasteiger partial charge in [0.05, 0.1) is 18.6 Å². The van der Waals surface area contributed by atoms with Crippen molar-refractivity contribution < 1.29 is 4.52 Å². The molecule has 0 spiro atoms. The van der Waals surface area contributed by atoms with Gasteiger partial charge < -0.3 is 15.2 Å². The third kappa shape index (κ3) is 3.87.